The van der Waals surface area contributed by atoms with Crippen LogP contribution in [-0.2, 0) is 10.0 Å². The van der Waals surface area contributed by atoms with Crippen molar-refractivity contribution in [1.29, 1.82) is 0 Å². The van der Waals surface area contributed by atoms with Crippen LogP contribution in [0.2, 0.25) is 0 Å². The predicted molar refractivity (Wildman–Crippen MR) is 62.2 cm³/mol. The minimum atomic E-state index is -3.14. The molecule has 2 heterocycles. The van der Waals surface area contributed by atoms with E-state index in [-0.39, 0.29) is 11.7 Å². The van der Waals surface area contributed by atoms with E-state index in [1.54, 1.807) is 18.5 Å². The maximum Gasteiger partial charge on any atom is 0.235 e. The van der Waals surface area contributed by atoms with Crippen molar-refractivity contribution in [3.8, 4) is 0 Å². The van der Waals surface area contributed by atoms with Gasteiger partial charge in [-0.25, -0.2) is 8.42 Å². The van der Waals surface area contributed by atoms with E-state index >= 15 is 0 Å². The van der Waals surface area contributed by atoms with Gasteiger partial charge in [-0.3, -0.25) is 9.29 Å². The van der Waals surface area contributed by atoms with E-state index < -0.39 is 10.0 Å². The number of anilines is 1. The standard InChI is InChI=1S/C9H11BrN2O2S/c1-7-5-12(15(13,14)6-7)9-2-3-11-4-8(9)10/h2-4,7H,5-6H2,1H3. The van der Waals surface area contributed by atoms with Gasteiger partial charge in [0.1, 0.15) is 0 Å². The average molecular weight is 291 g/mol. The summed E-state index contributed by atoms with van der Waals surface area (Å²) in [6.07, 6.45) is 3.20. The smallest absolute Gasteiger partial charge is 0.235 e. The topological polar surface area (TPSA) is 50.3 Å². The van der Waals surface area contributed by atoms with E-state index in [1.165, 1.54) is 4.31 Å². The van der Waals surface area contributed by atoms with Crippen molar-refractivity contribution < 1.29 is 8.42 Å². The molecule has 2 rings (SSSR count). The van der Waals surface area contributed by atoms with Crippen LogP contribution in [0.25, 0.3) is 0 Å². The molecule has 1 atom stereocenters. The first-order chi connectivity index (χ1) is 7.00. The molecule has 0 N–H and O–H groups in total. The van der Waals surface area contributed by atoms with Gasteiger partial charge in [0.15, 0.2) is 0 Å². The number of rotatable bonds is 1. The minimum absolute atomic E-state index is 0.176. The molecule has 1 aromatic rings. The molecule has 0 bridgehead atoms. The maximum absolute atomic E-state index is 11.8. The highest BCUT2D eigenvalue weighted by Gasteiger charge is 2.34. The Morgan fingerprint density at radius 2 is 2.33 bits per heavy atom. The first kappa shape index (κ1) is 10.9. The summed E-state index contributed by atoms with van der Waals surface area (Å²) in [7, 11) is -3.14. The quantitative estimate of drug-likeness (QED) is 0.790. The molecule has 0 aliphatic carbocycles. The summed E-state index contributed by atoms with van der Waals surface area (Å²) in [6, 6.07) is 1.71. The monoisotopic (exact) mass is 290 g/mol. The summed E-state index contributed by atoms with van der Waals surface area (Å²) in [6.45, 7) is 2.48. The van der Waals surface area contributed by atoms with Crippen LogP contribution in [0.5, 0.6) is 0 Å². The second-order valence-corrected chi connectivity index (χ2v) is 6.53. The largest absolute Gasteiger partial charge is 0.269 e. The molecule has 1 unspecified atom stereocenters. The lowest BCUT2D eigenvalue weighted by Gasteiger charge is -2.17. The fourth-order valence-corrected chi connectivity index (χ4v) is 4.24. The van der Waals surface area contributed by atoms with Crippen molar-refractivity contribution in [2.75, 3.05) is 16.6 Å². The molecule has 1 aliphatic heterocycles. The Bertz CT molecular complexity index is 475. The molecule has 0 aromatic carbocycles. The van der Waals surface area contributed by atoms with Gasteiger partial charge >= 0.3 is 0 Å². The fourth-order valence-electron chi connectivity index (χ4n) is 1.72. The molecule has 15 heavy (non-hydrogen) atoms. The maximum atomic E-state index is 11.8. The van der Waals surface area contributed by atoms with Crippen LogP contribution in [0.1, 0.15) is 6.92 Å². The van der Waals surface area contributed by atoms with Crippen LogP contribution in [0, 0.1) is 5.92 Å². The van der Waals surface area contributed by atoms with Gasteiger partial charge in [0.25, 0.3) is 0 Å². The Morgan fingerprint density at radius 1 is 1.60 bits per heavy atom. The molecule has 0 spiro atoms. The van der Waals surface area contributed by atoms with E-state index in [9.17, 15) is 8.42 Å². The van der Waals surface area contributed by atoms with Crippen LogP contribution in [0.15, 0.2) is 22.9 Å². The molecule has 1 saturated heterocycles. The SMILES string of the molecule is CC1CN(c2ccncc2Br)S(=O)(=O)C1. The van der Waals surface area contributed by atoms with E-state index in [2.05, 4.69) is 20.9 Å². The molecule has 6 heteroatoms. The molecule has 1 aliphatic rings. The van der Waals surface area contributed by atoms with Crippen molar-refractivity contribution in [3.63, 3.8) is 0 Å². The van der Waals surface area contributed by atoms with Crippen molar-refractivity contribution in [2.24, 2.45) is 5.92 Å². The van der Waals surface area contributed by atoms with E-state index in [0.29, 0.717) is 16.7 Å². The summed E-state index contributed by atoms with van der Waals surface area (Å²) < 4.78 is 25.8. The van der Waals surface area contributed by atoms with Crippen molar-refractivity contribution in [1.82, 2.24) is 4.98 Å². The number of halogens is 1. The highest BCUT2D eigenvalue weighted by molar-refractivity contribution is 9.10. The Hall–Kier alpha value is -0.620. The first-order valence-corrected chi connectivity index (χ1v) is 7.01. The molecular formula is C9H11BrN2O2S. The number of hydrogen-bond donors (Lipinski definition) is 0. The van der Waals surface area contributed by atoms with Gasteiger partial charge in [0, 0.05) is 18.9 Å². The summed E-state index contributed by atoms with van der Waals surface area (Å²) in [5.41, 5.74) is 0.675. The second-order valence-electron chi connectivity index (χ2n) is 3.74. The zero-order valence-corrected chi connectivity index (χ0v) is 10.6. The third-order valence-electron chi connectivity index (χ3n) is 2.33. The van der Waals surface area contributed by atoms with Crippen LogP contribution in [0.4, 0.5) is 5.69 Å². The fraction of sp³-hybridized carbons (Fsp3) is 0.444. The van der Waals surface area contributed by atoms with Gasteiger partial charge in [0.2, 0.25) is 10.0 Å². The number of sulfonamides is 1. The van der Waals surface area contributed by atoms with Gasteiger partial charge in [-0.1, -0.05) is 6.92 Å². The molecule has 0 saturated carbocycles. The molecule has 0 radical (unpaired) electrons. The van der Waals surface area contributed by atoms with Gasteiger partial charge in [0.05, 0.1) is 15.9 Å². The van der Waals surface area contributed by atoms with Crippen molar-refractivity contribution >= 4 is 31.6 Å². The summed E-state index contributed by atoms with van der Waals surface area (Å²) in [4.78, 5) is 3.91. The highest BCUT2D eigenvalue weighted by atomic mass is 79.9. The number of nitrogens with zero attached hydrogens (tertiary/aromatic N) is 2. The lowest BCUT2D eigenvalue weighted by molar-refractivity contribution is 0.598. The first-order valence-electron chi connectivity index (χ1n) is 4.60. The van der Waals surface area contributed by atoms with Crippen LogP contribution in [-0.4, -0.2) is 25.7 Å². The number of hydrogen-bond acceptors (Lipinski definition) is 3. The molecule has 1 aromatic heterocycles. The zero-order chi connectivity index (χ0) is 11.1. The highest BCUT2D eigenvalue weighted by Crippen LogP contribution is 2.31. The zero-order valence-electron chi connectivity index (χ0n) is 8.22. The lowest BCUT2D eigenvalue weighted by atomic mass is 10.2. The lowest BCUT2D eigenvalue weighted by Crippen LogP contribution is -2.25. The molecule has 82 valence electrons. The minimum Gasteiger partial charge on any atom is -0.269 e. The third-order valence-corrected chi connectivity index (χ3v) is 4.95. The number of pyridine rings is 1. The number of aromatic nitrogens is 1. The molecule has 1 fully saturated rings. The second kappa shape index (κ2) is 3.75. The van der Waals surface area contributed by atoms with Crippen LogP contribution in [0.3, 0.4) is 0 Å². The van der Waals surface area contributed by atoms with E-state index in [0.717, 1.165) is 0 Å². The van der Waals surface area contributed by atoms with Gasteiger partial charge in [-0.15, -0.1) is 0 Å². The van der Waals surface area contributed by atoms with Crippen LogP contribution >= 0.6 is 15.9 Å². The van der Waals surface area contributed by atoms with Gasteiger partial charge in [-0.05, 0) is 27.9 Å². The Balaban J connectivity index is 2.45. The third kappa shape index (κ3) is 2.01. The Kier molecular flexibility index (Phi) is 2.72. The van der Waals surface area contributed by atoms with E-state index in [1.807, 2.05) is 6.92 Å². The summed E-state index contributed by atoms with van der Waals surface area (Å²) in [5.74, 6) is 0.400. The van der Waals surface area contributed by atoms with Gasteiger partial charge in [-0.2, -0.15) is 0 Å². The Morgan fingerprint density at radius 3 is 2.87 bits per heavy atom. The molecule has 0 amide bonds. The van der Waals surface area contributed by atoms with Crippen molar-refractivity contribution in [2.45, 2.75) is 6.92 Å². The summed E-state index contributed by atoms with van der Waals surface area (Å²) in [5, 5.41) is 0. The molecular weight excluding hydrogens is 280 g/mol. The van der Waals surface area contributed by atoms with E-state index in [4.69, 9.17) is 0 Å². The van der Waals surface area contributed by atoms with Crippen molar-refractivity contribution in [3.05, 3.63) is 22.9 Å². The predicted octanol–water partition coefficient (Wildman–Crippen LogP) is 1.63. The summed E-state index contributed by atoms with van der Waals surface area (Å²) >= 11 is 3.31. The molecule has 4 nitrogen and oxygen atoms in total. The normalized spacial score (nSPS) is 24.4. The Labute approximate surface area is 97.5 Å². The van der Waals surface area contributed by atoms with Gasteiger partial charge < -0.3 is 0 Å². The average Bonchev–Trinajstić information content (AvgIpc) is 2.40. The van der Waals surface area contributed by atoms with Crippen LogP contribution < -0.4 is 4.31 Å².